The molecule has 0 fully saturated rings. The maximum atomic E-state index is 13.3. The van der Waals surface area contributed by atoms with Gasteiger partial charge in [0.2, 0.25) is 0 Å². The molecule has 0 radical (unpaired) electrons. The first-order valence-corrected chi connectivity index (χ1v) is 8.81. The zero-order chi connectivity index (χ0) is 19.5. The normalized spacial score (nSPS) is 10.8. The number of nitrogens with zero attached hydrogens (tertiary/aromatic N) is 1. The lowest BCUT2D eigenvalue weighted by molar-refractivity contribution is 0.102. The number of amides is 1. The molecule has 2 N–H and O–H groups in total. The van der Waals surface area contributed by atoms with Gasteiger partial charge in [0.25, 0.3) is 5.91 Å². The molecular weight excluding hydrogens is 355 g/mol. The van der Waals surface area contributed by atoms with Gasteiger partial charge in [-0.1, -0.05) is 30.3 Å². The van der Waals surface area contributed by atoms with Gasteiger partial charge in [0.05, 0.1) is 23.4 Å². The molecular formula is C23H17FN2O2. The van der Waals surface area contributed by atoms with Crippen molar-refractivity contribution in [2.45, 2.75) is 6.61 Å². The maximum absolute atomic E-state index is 13.3. The number of carbonyl (C=O) groups is 1. The summed E-state index contributed by atoms with van der Waals surface area (Å²) in [6.45, 7) is -0.101. The molecule has 1 amide bonds. The first-order valence-electron chi connectivity index (χ1n) is 8.81. The number of carbonyl (C=O) groups excluding carboxylic acids is 1. The summed E-state index contributed by atoms with van der Waals surface area (Å²) in [5.74, 6) is -0.608. The molecule has 0 aliphatic carbocycles. The number of aliphatic hydroxyl groups is 1. The molecule has 4 aromatic rings. The third-order valence-electron chi connectivity index (χ3n) is 4.47. The SMILES string of the molecule is O=C(Nc1cccc(CO)c1)c1cc(-c2ccc(F)cc2)nc2ccccc12. The second-order valence-corrected chi connectivity index (χ2v) is 6.39. The Bertz CT molecular complexity index is 1160. The molecule has 0 aliphatic heterocycles. The number of para-hydroxylation sites is 1. The van der Waals surface area contributed by atoms with E-state index < -0.39 is 0 Å². The summed E-state index contributed by atoms with van der Waals surface area (Å²) in [7, 11) is 0. The fourth-order valence-electron chi connectivity index (χ4n) is 3.08. The van der Waals surface area contributed by atoms with Crippen LogP contribution in [0, 0.1) is 5.82 Å². The van der Waals surface area contributed by atoms with Gasteiger partial charge in [-0.3, -0.25) is 4.79 Å². The summed E-state index contributed by atoms with van der Waals surface area (Å²) in [4.78, 5) is 17.6. The largest absolute Gasteiger partial charge is 0.392 e. The molecule has 0 saturated heterocycles. The number of hydrogen-bond donors (Lipinski definition) is 2. The van der Waals surface area contributed by atoms with E-state index in [-0.39, 0.29) is 18.3 Å². The molecule has 0 unspecified atom stereocenters. The lowest BCUT2D eigenvalue weighted by Gasteiger charge is -2.11. The molecule has 138 valence electrons. The van der Waals surface area contributed by atoms with Crippen LogP contribution in [0.4, 0.5) is 10.1 Å². The standard InChI is InChI=1S/C23H17FN2O2/c24-17-10-8-16(9-11-17)22-13-20(19-6-1-2-7-21(19)26-22)23(28)25-18-5-3-4-15(12-18)14-27/h1-13,27H,14H2,(H,25,28). The van der Waals surface area contributed by atoms with Crippen molar-refractivity contribution in [3.63, 3.8) is 0 Å². The molecule has 1 heterocycles. The minimum Gasteiger partial charge on any atom is -0.392 e. The highest BCUT2D eigenvalue weighted by Crippen LogP contribution is 2.26. The zero-order valence-corrected chi connectivity index (χ0v) is 14.9. The number of anilines is 1. The van der Waals surface area contributed by atoms with Gasteiger partial charge in [0, 0.05) is 16.6 Å². The average Bonchev–Trinajstić information content (AvgIpc) is 2.73. The summed E-state index contributed by atoms with van der Waals surface area (Å²) < 4.78 is 13.3. The first kappa shape index (κ1) is 17.8. The van der Waals surface area contributed by atoms with Crippen LogP contribution in [0.25, 0.3) is 22.2 Å². The van der Waals surface area contributed by atoms with Gasteiger partial charge < -0.3 is 10.4 Å². The summed E-state index contributed by atoms with van der Waals surface area (Å²) in [5, 5.41) is 12.9. The second-order valence-electron chi connectivity index (χ2n) is 6.39. The van der Waals surface area contributed by atoms with Crippen LogP contribution in [0.5, 0.6) is 0 Å². The van der Waals surface area contributed by atoms with Gasteiger partial charge in [0.15, 0.2) is 0 Å². The lowest BCUT2D eigenvalue weighted by atomic mass is 10.0. The molecule has 5 heteroatoms. The average molecular weight is 372 g/mol. The number of hydrogen-bond acceptors (Lipinski definition) is 3. The number of halogens is 1. The Labute approximate surface area is 161 Å². The van der Waals surface area contributed by atoms with Crippen LogP contribution in [0.3, 0.4) is 0 Å². The number of aliphatic hydroxyl groups excluding tert-OH is 1. The quantitative estimate of drug-likeness (QED) is 0.542. The maximum Gasteiger partial charge on any atom is 0.256 e. The lowest BCUT2D eigenvalue weighted by Crippen LogP contribution is -2.13. The first-order chi connectivity index (χ1) is 13.6. The Morgan fingerprint density at radius 1 is 0.964 bits per heavy atom. The predicted octanol–water partition coefficient (Wildman–Crippen LogP) is 4.79. The molecule has 0 bridgehead atoms. The summed E-state index contributed by atoms with van der Waals surface area (Å²) in [6.07, 6.45) is 0. The van der Waals surface area contributed by atoms with Crippen molar-refractivity contribution in [1.82, 2.24) is 4.98 Å². The van der Waals surface area contributed by atoms with Crippen molar-refractivity contribution >= 4 is 22.5 Å². The zero-order valence-electron chi connectivity index (χ0n) is 14.9. The Morgan fingerprint density at radius 2 is 1.75 bits per heavy atom. The van der Waals surface area contributed by atoms with Crippen LogP contribution in [-0.2, 0) is 6.61 Å². The Kier molecular flexibility index (Phi) is 4.83. The third-order valence-corrected chi connectivity index (χ3v) is 4.47. The topological polar surface area (TPSA) is 62.2 Å². The number of aromatic nitrogens is 1. The monoisotopic (exact) mass is 372 g/mol. The molecule has 3 aromatic carbocycles. The van der Waals surface area contributed by atoms with Crippen LogP contribution in [0.2, 0.25) is 0 Å². The van der Waals surface area contributed by atoms with Crippen LogP contribution in [0.1, 0.15) is 15.9 Å². The summed E-state index contributed by atoms with van der Waals surface area (Å²) in [5.41, 5.74) is 3.78. The highest BCUT2D eigenvalue weighted by atomic mass is 19.1. The van der Waals surface area contributed by atoms with Crippen LogP contribution < -0.4 is 5.32 Å². The Balaban J connectivity index is 1.78. The Hall–Kier alpha value is -3.57. The van der Waals surface area contributed by atoms with E-state index in [1.54, 1.807) is 42.5 Å². The Morgan fingerprint density at radius 3 is 2.54 bits per heavy atom. The van der Waals surface area contributed by atoms with Crippen LogP contribution in [-0.4, -0.2) is 16.0 Å². The van der Waals surface area contributed by atoms with Gasteiger partial charge in [-0.15, -0.1) is 0 Å². The molecule has 0 spiro atoms. The predicted molar refractivity (Wildman–Crippen MR) is 107 cm³/mol. The summed E-state index contributed by atoms with van der Waals surface area (Å²) in [6, 6.07) is 22.2. The van der Waals surface area contributed by atoms with E-state index in [0.717, 1.165) is 10.9 Å². The third kappa shape index (κ3) is 3.61. The summed E-state index contributed by atoms with van der Waals surface area (Å²) >= 11 is 0. The van der Waals surface area contributed by atoms with Crippen molar-refractivity contribution in [1.29, 1.82) is 0 Å². The number of fused-ring (bicyclic) bond motifs is 1. The van der Waals surface area contributed by atoms with E-state index in [0.29, 0.717) is 28.0 Å². The van der Waals surface area contributed by atoms with E-state index in [2.05, 4.69) is 10.3 Å². The van der Waals surface area contributed by atoms with Gasteiger partial charge in [-0.05, 0) is 54.1 Å². The fraction of sp³-hybridized carbons (Fsp3) is 0.0435. The molecule has 4 rings (SSSR count). The molecule has 0 aliphatic rings. The number of benzene rings is 3. The van der Waals surface area contributed by atoms with Crippen molar-refractivity contribution < 1.29 is 14.3 Å². The molecule has 28 heavy (non-hydrogen) atoms. The number of pyridine rings is 1. The van der Waals surface area contributed by atoms with Gasteiger partial charge in [0.1, 0.15) is 5.82 Å². The fourth-order valence-corrected chi connectivity index (χ4v) is 3.08. The highest BCUT2D eigenvalue weighted by Gasteiger charge is 2.14. The smallest absolute Gasteiger partial charge is 0.256 e. The van der Waals surface area contributed by atoms with Gasteiger partial charge >= 0.3 is 0 Å². The van der Waals surface area contributed by atoms with E-state index in [1.807, 2.05) is 24.3 Å². The van der Waals surface area contributed by atoms with Gasteiger partial charge in [-0.25, -0.2) is 9.37 Å². The molecule has 0 atom stereocenters. The van der Waals surface area contributed by atoms with Gasteiger partial charge in [-0.2, -0.15) is 0 Å². The minimum absolute atomic E-state index is 0.101. The molecule has 4 nitrogen and oxygen atoms in total. The molecule has 1 aromatic heterocycles. The van der Waals surface area contributed by atoms with Crippen LogP contribution >= 0.6 is 0 Å². The van der Waals surface area contributed by atoms with E-state index in [9.17, 15) is 14.3 Å². The number of rotatable bonds is 4. The van der Waals surface area contributed by atoms with E-state index in [1.165, 1.54) is 12.1 Å². The molecule has 0 saturated carbocycles. The highest BCUT2D eigenvalue weighted by molar-refractivity contribution is 6.13. The van der Waals surface area contributed by atoms with Crippen molar-refractivity contribution in [3.8, 4) is 11.3 Å². The van der Waals surface area contributed by atoms with E-state index >= 15 is 0 Å². The van der Waals surface area contributed by atoms with Crippen molar-refractivity contribution in [3.05, 3.63) is 95.8 Å². The number of nitrogens with one attached hydrogen (secondary N) is 1. The van der Waals surface area contributed by atoms with Crippen LogP contribution in [0.15, 0.2) is 78.9 Å². The van der Waals surface area contributed by atoms with Crippen molar-refractivity contribution in [2.24, 2.45) is 0 Å². The van der Waals surface area contributed by atoms with Crippen molar-refractivity contribution in [2.75, 3.05) is 5.32 Å². The minimum atomic E-state index is -0.328. The van der Waals surface area contributed by atoms with E-state index in [4.69, 9.17) is 0 Å². The second kappa shape index (κ2) is 7.58.